The van der Waals surface area contributed by atoms with Crippen LogP contribution < -0.4 is 5.32 Å². The summed E-state index contributed by atoms with van der Waals surface area (Å²) in [6, 6.07) is 12.1. The Labute approximate surface area is 153 Å². The number of benzene rings is 2. The number of hydrogen-bond acceptors (Lipinski definition) is 3. The number of rotatable bonds is 5. The molecule has 0 atom stereocenters. The van der Waals surface area contributed by atoms with Crippen molar-refractivity contribution in [2.45, 2.75) is 12.7 Å². The monoisotopic (exact) mass is 381 g/mol. The number of alkyl halides is 3. The van der Waals surface area contributed by atoms with E-state index in [0.717, 1.165) is 17.7 Å². The number of nitrogens with zero attached hydrogens (tertiary/aromatic N) is 2. The number of nitrogens with one attached hydrogen (secondary N) is 1. The van der Waals surface area contributed by atoms with Gasteiger partial charge in [0.15, 0.2) is 0 Å². The van der Waals surface area contributed by atoms with Gasteiger partial charge < -0.3 is 5.32 Å². The third-order valence-electron chi connectivity index (χ3n) is 3.50. The average molecular weight is 382 g/mol. The highest BCUT2D eigenvalue weighted by Crippen LogP contribution is 2.36. The van der Waals surface area contributed by atoms with Gasteiger partial charge in [0.25, 0.3) is 0 Å². The molecule has 4 nitrogen and oxygen atoms in total. The summed E-state index contributed by atoms with van der Waals surface area (Å²) < 4.78 is 38.5. The minimum absolute atomic E-state index is 0.00994. The predicted molar refractivity (Wildman–Crippen MR) is 92.6 cm³/mol. The first-order valence-corrected chi connectivity index (χ1v) is 7.91. The number of nitriles is 1. The van der Waals surface area contributed by atoms with Crippen LogP contribution in [0.3, 0.4) is 0 Å². The molecule has 8 heteroatoms. The molecule has 0 unspecified atom stereocenters. The van der Waals surface area contributed by atoms with Crippen LogP contribution in [0.15, 0.2) is 42.5 Å². The molecular formula is C18H15ClF3N3O. The van der Waals surface area contributed by atoms with Crippen molar-refractivity contribution in [3.63, 3.8) is 0 Å². The van der Waals surface area contributed by atoms with Crippen molar-refractivity contribution >= 4 is 23.2 Å². The Morgan fingerprint density at radius 2 is 1.88 bits per heavy atom. The second kappa shape index (κ2) is 8.21. The Hall–Kier alpha value is -2.56. The Balaban J connectivity index is 1.96. The summed E-state index contributed by atoms with van der Waals surface area (Å²) >= 11 is 5.55. The minimum Gasteiger partial charge on any atom is -0.325 e. The molecule has 0 aromatic heterocycles. The molecule has 0 bridgehead atoms. The van der Waals surface area contributed by atoms with Crippen LogP contribution in [0.4, 0.5) is 18.9 Å². The van der Waals surface area contributed by atoms with Gasteiger partial charge in [-0.2, -0.15) is 18.4 Å². The van der Waals surface area contributed by atoms with Crippen molar-refractivity contribution in [3.8, 4) is 6.07 Å². The number of carbonyl (C=O) groups is 1. The fourth-order valence-electron chi connectivity index (χ4n) is 2.32. The Kier molecular flexibility index (Phi) is 6.24. The molecule has 2 aromatic rings. The van der Waals surface area contributed by atoms with Crippen LogP contribution in [0.1, 0.15) is 16.7 Å². The number of amides is 1. The molecule has 2 aromatic carbocycles. The first-order valence-electron chi connectivity index (χ1n) is 7.53. The maximum Gasteiger partial charge on any atom is 0.417 e. The van der Waals surface area contributed by atoms with Gasteiger partial charge in [0.1, 0.15) is 0 Å². The van der Waals surface area contributed by atoms with E-state index in [2.05, 4.69) is 5.32 Å². The quantitative estimate of drug-likeness (QED) is 0.840. The van der Waals surface area contributed by atoms with E-state index in [1.165, 1.54) is 6.07 Å². The molecule has 0 radical (unpaired) electrons. The van der Waals surface area contributed by atoms with Gasteiger partial charge in [0.2, 0.25) is 5.91 Å². The summed E-state index contributed by atoms with van der Waals surface area (Å²) in [6.45, 7) is 0.442. The molecule has 0 saturated heterocycles. The van der Waals surface area contributed by atoms with Crippen LogP contribution in [0.2, 0.25) is 5.02 Å². The van der Waals surface area contributed by atoms with Gasteiger partial charge in [-0.1, -0.05) is 23.7 Å². The van der Waals surface area contributed by atoms with Gasteiger partial charge in [0, 0.05) is 12.2 Å². The number of hydrogen-bond donors (Lipinski definition) is 1. The van der Waals surface area contributed by atoms with E-state index in [0.29, 0.717) is 12.1 Å². The smallest absolute Gasteiger partial charge is 0.325 e. The van der Waals surface area contributed by atoms with Crippen LogP contribution in [-0.2, 0) is 17.5 Å². The SMILES string of the molecule is CN(CC(=O)Nc1ccc(Cl)c(C(F)(F)F)c1)Cc1ccc(C#N)cc1. The Bertz CT molecular complexity index is 829. The predicted octanol–water partition coefficient (Wildman–Crippen LogP) is 4.30. The maximum absolute atomic E-state index is 12.8. The molecule has 0 spiro atoms. The molecule has 136 valence electrons. The third-order valence-corrected chi connectivity index (χ3v) is 3.83. The summed E-state index contributed by atoms with van der Waals surface area (Å²) in [7, 11) is 1.71. The molecule has 2 rings (SSSR count). The molecule has 0 saturated carbocycles. The van der Waals surface area contributed by atoms with Crippen molar-refractivity contribution in [1.29, 1.82) is 5.26 Å². The van der Waals surface area contributed by atoms with Crippen molar-refractivity contribution < 1.29 is 18.0 Å². The number of carbonyl (C=O) groups excluding carboxylic acids is 1. The molecule has 1 amide bonds. The summed E-state index contributed by atoms with van der Waals surface area (Å²) in [4.78, 5) is 13.8. The third kappa shape index (κ3) is 5.48. The second-order valence-electron chi connectivity index (χ2n) is 5.72. The molecule has 0 fully saturated rings. The summed E-state index contributed by atoms with van der Waals surface area (Å²) in [5.41, 5.74) is 0.476. The van der Waals surface area contributed by atoms with Gasteiger partial charge in [-0.15, -0.1) is 0 Å². The van der Waals surface area contributed by atoms with Crippen molar-refractivity contribution in [1.82, 2.24) is 4.90 Å². The standard InChI is InChI=1S/C18H15ClF3N3O/c1-25(10-13-4-2-12(9-23)3-5-13)11-17(26)24-14-6-7-16(19)15(8-14)18(20,21)22/h2-8H,10-11H2,1H3,(H,24,26). The largest absolute Gasteiger partial charge is 0.417 e. The van der Waals surface area contributed by atoms with Crippen LogP contribution in [0.5, 0.6) is 0 Å². The summed E-state index contributed by atoms with van der Waals surface area (Å²) in [5.74, 6) is -0.448. The number of likely N-dealkylation sites (N-methyl/N-ethyl adjacent to an activating group) is 1. The highest BCUT2D eigenvalue weighted by molar-refractivity contribution is 6.31. The lowest BCUT2D eigenvalue weighted by molar-refractivity contribution is -0.137. The molecule has 26 heavy (non-hydrogen) atoms. The highest BCUT2D eigenvalue weighted by Gasteiger charge is 2.33. The van der Waals surface area contributed by atoms with E-state index in [1.807, 2.05) is 6.07 Å². The average Bonchev–Trinajstić information content (AvgIpc) is 2.56. The fourth-order valence-corrected chi connectivity index (χ4v) is 2.54. The van der Waals surface area contributed by atoms with Crippen molar-refractivity contribution in [2.75, 3.05) is 18.9 Å². The van der Waals surface area contributed by atoms with Gasteiger partial charge in [-0.3, -0.25) is 9.69 Å². The van der Waals surface area contributed by atoms with E-state index in [-0.39, 0.29) is 12.2 Å². The lowest BCUT2D eigenvalue weighted by atomic mass is 10.1. The fraction of sp³-hybridized carbons (Fsp3) is 0.222. The van der Waals surface area contributed by atoms with Gasteiger partial charge in [-0.25, -0.2) is 0 Å². The summed E-state index contributed by atoms with van der Waals surface area (Å²) in [6.07, 6.45) is -4.59. The molecule has 1 N–H and O–H groups in total. The molecule has 0 aliphatic rings. The van der Waals surface area contributed by atoms with Crippen LogP contribution in [-0.4, -0.2) is 24.4 Å². The zero-order chi connectivity index (χ0) is 19.3. The number of anilines is 1. The molecule has 0 aliphatic heterocycles. The topological polar surface area (TPSA) is 56.1 Å². The van der Waals surface area contributed by atoms with Crippen LogP contribution in [0, 0.1) is 11.3 Å². The van der Waals surface area contributed by atoms with Crippen LogP contribution in [0.25, 0.3) is 0 Å². The lowest BCUT2D eigenvalue weighted by Crippen LogP contribution is -2.29. The Morgan fingerprint density at radius 1 is 1.23 bits per heavy atom. The van der Waals surface area contributed by atoms with E-state index in [1.54, 1.807) is 36.2 Å². The first-order chi connectivity index (χ1) is 12.2. The van der Waals surface area contributed by atoms with Gasteiger partial charge >= 0.3 is 6.18 Å². The molecular weight excluding hydrogens is 367 g/mol. The van der Waals surface area contributed by atoms with E-state index >= 15 is 0 Å². The second-order valence-corrected chi connectivity index (χ2v) is 6.13. The van der Waals surface area contributed by atoms with Crippen molar-refractivity contribution in [2.24, 2.45) is 0 Å². The van der Waals surface area contributed by atoms with Crippen LogP contribution >= 0.6 is 11.6 Å². The summed E-state index contributed by atoms with van der Waals surface area (Å²) in [5, 5.41) is 10.8. The maximum atomic E-state index is 12.8. The van der Waals surface area contributed by atoms with Crippen molar-refractivity contribution in [3.05, 3.63) is 64.2 Å². The van der Waals surface area contributed by atoms with E-state index in [9.17, 15) is 18.0 Å². The molecule has 0 aliphatic carbocycles. The zero-order valence-corrected chi connectivity index (χ0v) is 14.5. The molecule has 0 heterocycles. The van der Waals surface area contributed by atoms with E-state index in [4.69, 9.17) is 16.9 Å². The lowest BCUT2D eigenvalue weighted by Gasteiger charge is -2.17. The number of halogens is 4. The normalized spacial score (nSPS) is 11.3. The Morgan fingerprint density at radius 3 is 2.46 bits per heavy atom. The minimum atomic E-state index is -4.59. The first kappa shape index (κ1) is 19.8. The zero-order valence-electron chi connectivity index (χ0n) is 13.8. The van der Waals surface area contributed by atoms with E-state index < -0.39 is 22.7 Å². The highest BCUT2D eigenvalue weighted by atomic mass is 35.5. The van der Waals surface area contributed by atoms with Gasteiger partial charge in [-0.05, 0) is 42.9 Å². The van der Waals surface area contributed by atoms with Gasteiger partial charge in [0.05, 0.1) is 28.8 Å².